The molecule has 84 valence electrons. The molecule has 1 aromatic heterocycles. The Bertz CT molecular complexity index is 543. The third-order valence-electron chi connectivity index (χ3n) is 2.96. The normalized spacial score (nSPS) is 17.9. The second-order valence-electron chi connectivity index (χ2n) is 4.38. The topological polar surface area (TPSA) is 38.1 Å². The molecule has 1 unspecified atom stereocenters. The summed E-state index contributed by atoms with van der Waals surface area (Å²) in [5.41, 5.74) is 2.08. The molecule has 1 atom stereocenters. The molecule has 1 heterocycles. The summed E-state index contributed by atoms with van der Waals surface area (Å²) in [5.74, 6) is 0.788. The average molecular weight is 281 g/mol. The van der Waals surface area contributed by atoms with Crippen LogP contribution in [0.2, 0.25) is 0 Å². The lowest BCUT2D eigenvalue weighted by atomic mass is 10.3. The van der Waals surface area contributed by atoms with Crippen LogP contribution < -0.4 is 0 Å². The molecule has 1 fully saturated rings. The van der Waals surface area contributed by atoms with E-state index in [4.69, 9.17) is 0 Å². The van der Waals surface area contributed by atoms with Crippen molar-refractivity contribution >= 4 is 27.0 Å². The highest BCUT2D eigenvalue weighted by Gasteiger charge is 2.29. The first-order chi connectivity index (χ1) is 7.66. The number of fused-ring (bicyclic) bond motifs is 1. The van der Waals surface area contributed by atoms with Crippen LogP contribution in [-0.4, -0.2) is 14.7 Å². The highest BCUT2D eigenvalue weighted by atomic mass is 79.9. The van der Waals surface area contributed by atoms with E-state index in [1.54, 1.807) is 6.92 Å². The third kappa shape index (κ3) is 1.57. The molecule has 0 radical (unpaired) electrons. The van der Waals surface area contributed by atoms with Gasteiger partial charge in [-0.2, -0.15) is 0 Å². The quantitative estimate of drug-likeness (QED) is 0.918. The van der Waals surface area contributed by atoms with Crippen LogP contribution in [0.5, 0.6) is 0 Å². The van der Waals surface area contributed by atoms with Gasteiger partial charge in [-0.3, -0.25) is 0 Å². The van der Waals surface area contributed by atoms with Gasteiger partial charge in [0.1, 0.15) is 11.9 Å². The molecule has 2 aromatic rings. The zero-order valence-electron chi connectivity index (χ0n) is 9.02. The Morgan fingerprint density at radius 2 is 2.25 bits per heavy atom. The SMILES string of the molecule is CC(O)c1nc2cc(Br)ccc2n1C1CC1. The van der Waals surface area contributed by atoms with Crippen molar-refractivity contribution in [1.29, 1.82) is 0 Å². The summed E-state index contributed by atoms with van der Waals surface area (Å²) in [4.78, 5) is 4.52. The summed E-state index contributed by atoms with van der Waals surface area (Å²) in [5, 5.41) is 9.76. The lowest BCUT2D eigenvalue weighted by Crippen LogP contribution is -2.04. The van der Waals surface area contributed by atoms with Gasteiger partial charge in [-0.15, -0.1) is 0 Å². The molecule has 0 spiro atoms. The molecule has 1 saturated carbocycles. The van der Waals surface area contributed by atoms with E-state index in [-0.39, 0.29) is 0 Å². The van der Waals surface area contributed by atoms with E-state index >= 15 is 0 Å². The molecular weight excluding hydrogens is 268 g/mol. The predicted molar refractivity (Wildman–Crippen MR) is 66.3 cm³/mol. The van der Waals surface area contributed by atoms with Gasteiger partial charge in [0.2, 0.25) is 0 Å². The Hall–Kier alpha value is -0.870. The Labute approximate surface area is 102 Å². The van der Waals surface area contributed by atoms with Crippen LogP contribution in [0.3, 0.4) is 0 Å². The summed E-state index contributed by atoms with van der Waals surface area (Å²) in [7, 11) is 0. The van der Waals surface area contributed by atoms with Crippen LogP contribution in [0.1, 0.15) is 37.7 Å². The molecular formula is C12H13BrN2O. The second-order valence-corrected chi connectivity index (χ2v) is 5.30. The van der Waals surface area contributed by atoms with Gasteiger partial charge in [0.25, 0.3) is 0 Å². The minimum atomic E-state index is -0.508. The summed E-state index contributed by atoms with van der Waals surface area (Å²) in [6, 6.07) is 6.63. The standard InChI is InChI=1S/C12H13BrN2O/c1-7(16)12-14-10-6-8(13)2-5-11(10)15(12)9-3-4-9/h2,5-7,9,16H,3-4H2,1H3. The van der Waals surface area contributed by atoms with Gasteiger partial charge in [-0.05, 0) is 38.0 Å². The Balaban J connectivity index is 2.28. The third-order valence-corrected chi connectivity index (χ3v) is 3.46. The van der Waals surface area contributed by atoms with E-state index < -0.39 is 6.10 Å². The lowest BCUT2D eigenvalue weighted by Gasteiger charge is -2.09. The fourth-order valence-corrected chi connectivity index (χ4v) is 2.45. The van der Waals surface area contributed by atoms with Crippen LogP contribution in [0.15, 0.2) is 22.7 Å². The maximum Gasteiger partial charge on any atom is 0.138 e. The van der Waals surface area contributed by atoms with Gasteiger partial charge in [0, 0.05) is 10.5 Å². The van der Waals surface area contributed by atoms with Gasteiger partial charge in [-0.25, -0.2) is 4.98 Å². The van der Waals surface area contributed by atoms with E-state index in [1.165, 1.54) is 12.8 Å². The first-order valence-electron chi connectivity index (χ1n) is 5.52. The maximum atomic E-state index is 9.76. The molecule has 16 heavy (non-hydrogen) atoms. The minimum Gasteiger partial charge on any atom is -0.385 e. The van der Waals surface area contributed by atoms with Crippen LogP contribution in [0.4, 0.5) is 0 Å². The highest BCUT2D eigenvalue weighted by molar-refractivity contribution is 9.10. The number of aromatic nitrogens is 2. The summed E-state index contributed by atoms with van der Waals surface area (Å²) in [6.45, 7) is 1.77. The number of rotatable bonds is 2. The number of aliphatic hydroxyl groups is 1. The number of hydrogen-bond acceptors (Lipinski definition) is 2. The zero-order valence-corrected chi connectivity index (χ0v) is 10.6. The van der Waals surface area contributed by atoms with Crippen molar-refractivity contribution in [3.63, 3.8) is 0 Å². The maximum absolute atomic E-state index is 9.76. The van der Waals surface area contributed by atoms with Crippen molar-refractivity contribution in [2.45, 2.75) is 31.9 Å². The molecule has 3 nitrogen and oxygen atoms in total. The first kappa shape index (κ1) is 10.3. The molecule has 1 aromatic carbocycles. The van der Waals surface area contributed by atoms with Crippen molar-refractivity contribution in [3.8, 4) is 0 Å². The molecule has 1 aliphatic rings. The van der Waals surface area contributed by atoms with Crippen LogP contribution >= 0.6 is 15.9 Å². The Morgan fingerprint density at radius 1 is 1.50 bits per heavy atom. The number of hydrogen-bond donors (Lipinski definition) is 1. The second kappa shape index (κ2) is 3.57. The monoisotopic (exact) mass is 280 g/mol. The molecule has 4 heteroatoms. The number of halogens is 1. The van der Waals surface area contributed by atoms with E-state index in [2.05, 4.69) is 31.5 Å². The number of nitrogens with zero attached hydrogens (tertiary/aromatic N) is 2. The van der Waals surface area contributed by atoms with Crippen molar-refractivity contribution in [2.24, 2.45) is 0 Å². The molecule has 0 amide bonds. The van der Waals surface area contributed by atoms with Gasteiger partial charge < -0.3 is 9.67 Å². The molecule has 3 rings (SSSR count). The molecule has 1 N–H and O–H groups in total. The van der Waals surface area contributed by atoms with Crippen molar-refractivity contribution in [3.05, 3.63) is 28.5 Å². The van der Waals surface area contributed by atoms with E-state index in [0.717, 1.165) is 21.3 Å². The summed E-state index contributed by atoms with van der Waals surface area (Å²) >= 11 is 3.44. The smallest absolute Gasteiger partial charge is 0.138 e. The Kier molecular flexibility index (Phi) is 2.30. The minimum absolute atomic E-state index is 0.508. The van der Waals surface area contributed by atoms with E-state index in [1.807, 2.05) is 12.1 Å². The number of aliphatic hydroxyl groups excluding tert-OH is 1. The van der Waals surface area contributed by atoms with Gasteiger partial charge in [0.05, 0.1) is 11.0 Å². The molecule has 0 aliphatic heterocycles. The fraction of sp³-hybridized carbons (Fsp3) is 0.417. The average Bonchev–Trinajstić information content (AvgIpc) is 2.99. The molecule has 0 saturated heterocycles. The predicted octanol–water partition coefficient (Wildman–Crippen LogP) is 3.19. The van der Waals surface area contributed by atoms with Crippen molar-refractivity contribution in [1.82, 2.24) is 9.55 Å². The van der Waals surface area contributed by atoms with Crippen LogP contribution in [0, 0.1) is 0 Å². The van der Waals surface area contributed by atoms with Crippen LogP contribution in [0.25, 0.3) is 11.0 Å². The highest BCUT2D eigenvalue weighted by Crippen LogP contribution is 2.40. The lowest BCUT2D eigenvalue weighted by molar-refractivity contribution is 0.184. The zero-order chi connectivity index (χ0) is 11.3. The molecule has 1 aliphatic carbocycles. The summed E-state index contributed by atoms with van der Waals surface area (Å²) < 4.78 is 3.21. The van der Waals surface area contributed by atoms with Gasteiger partial charge in [0.15, 0.2) is 0 Å². The van der Waals surface area contributed by atoms with E-state index in [9.17, 15) is 5.11 Å². The van der Waals surface area contributed by atoms with E-state index in [0.29, 0.717) is 6.04 Å². The van der Waals surface area contributed by atoms with Gasteiger partial charge >= 0.3 is 0 Å². The van der Waals surface area contributed by atoms with Gasteiger partial charge in [-0.1, -0.05) is 15.9 Å². The molecule has 0 bridgehead atoms. The summed E-state index contributed by atoms with van der Waals surface area (Å²) in [6.07, 6.45) is 1.88. The number of benzene rings is 1. The largest absolute Gasteiger partial charge is 0.385 e. The van der Waals surface area contributed by atoms with Crippen molar-refractivity contribution in [2.75, 3.05) is 0 Å². The Morgan fingerprint density at radius 3 is 2.88 bits per heavy atom. The van der Waals surface area contributed by atoms with Crippen molar-refractivity contribution < 1.29 is 5.11 Å². The fourth-order valence-electron chi connectivity index (χ4n) is 2.10. The first-order valence-corrected chi connectivity index (χ1v) is 6.31. The number of imidazole rings is 1. The van der Waals surface area contributed by atoms with Crippen LogP contribution in [-0.2, 0) is 0 Å².